The molecule has 2 rings (SSSR count). The lowest BCUT2D eigenvalue weighted by Crippen LogP contribution is -2.07. The number of anilines is 3. The molecule has 1 aromatic heterocycles. The second kappa shape index (κ2) is 5.56. The number of esters is 1. The van der Waals surface area contributed by atoms with E-state index in [0.29, 0.717) is 5.82 Å². The molecule has 1 aromatic carbocycles. The summed E-state index contributed by atoms with van der Waals surface area (Å²) in [7, 11) is 1.26. The second-order valence-electron chi connectivity index (χ2n) is 4.26. The van der Waals surface area contributed by atoms with Gasteiger partial charge in [0.05, 0.1) is 30.2 Å². The number of hydrogen-bond donors (Lipinski definition) is 2. The van der Waals surface area contributed by atoms with E-state index < -0.39 is 11.8 Å². The number of pyridine rings is 1. The molecular formula is C14H14FN3O2. The van der Waals surface area contributed by atoms with E-state index >= 15 is 0 Å². The summed E-state index contributed by atoms with van der Waals surface area (Å²) in [4.78, 5) is 15.5. The van der Waals surface area contributed by atoms with E-state index in [9.17, 15) is 9.18 Å². The minimum atomic E-state index is -0.572. The first-order chi connectivity index (χ1) is 9.51. The summed E-state index contributed by atoms with van der Waals surface area (Å²) in [5, 5.41) is 2.81. The lowest BCUT2D eigenvalue weighted by molar-refractivity contribution is 0.0602. The van der Waals surface area contributed by atoms with Crippen LogP contribution < -0.4 is 11.1 Å². The smallest absolute Gasteiger partial charge is 0.340 e. The molecule has 6 heteroatoms. The molecule has 0 aliphatic heterocycles. The van der Waals surface area contributed by atoms with E-state index in [1.807, 2.05) is 6.92 Å². The van der Waals surface area contributed by atoms with E-state index in [1.54, 1.807) is 12.1 Å². The summed E-state index contributed by atoms with van der Waals surface area (Å²) < 4.78 is 18.3. The fourth-order valence-electron chi connectivity index (χ4n) is 1.69. The van der Waals surface area contributed by atoms with Gasteiger partial charge in [0.1, 0.15) is 11.6 Å². The summed E-state index contributed by atoms with van der Waals surface area (Å²) in [6.45, 7) is 1.85. The van der Waals surface area contributed by atoms with Gasteiger partial charge < -0.3 is 15.8 Å². The molecule has 0 unspecified atom stereocenters. The number of ether oxygens (including phenoxy) is 1. The monoisotopic (exact) mass is 275 g/mol. The standard InChI is InChI=1S/C14H14FN3O2/c1-8-3-4-10(15)12(5-8)18-13-6-9(14(19)20-2)11(16)7-17-13/h3-7H,16H2,1-2H3,(H,17,18). The first kappa shape index (κ1) is 13.8. The Labute approximate surface area is 115 Å². The number of halogens is 1. The number of benzene rings is 1. The lowest BCUT2D eigenvalue weighted by atomic mass is 10.2. The molecule has 0 saturated carbocycles. The Morgan fingerprint density at radius 1 is 1.40 bits per heavy atom. The first-order valence-corrected chi connectivity index (χ1v) is 5.88. The largest absolute Gasteiger partial charge is 0.465 e. The molecule has 0 bridgehead atoms. The average Bonchev–Trinajstić information content (AvgIpc) is 2.44. The third kappa shape index (κ3) is 2.85. The maximum absolute atomic E-state index is 13.7. The molecule has 0 aliphatic rings. The van der Waals surface area contributed by atoms with Crippen LogP contribution in [0, 0.1) is 12.7 Å². The number of aromatic nitrogens is 1. The Balaban J connectivity index is 2.34. The number of aryl methyl sites for hydroxylation is 1. The molecule has 0 atom stereocenters. The molecule has 0 amide bonds. The molecule has 0 fully saturated rings. The number of nitrogens with one attached hydrogen (secondary N) is 1. The number of nitrogens with zero attached hydrogens (tertiary/aromatic N) is 1. The second-order valence-corrected chi connectivity index (χ2v) is 4.26. The third-order valence-corrected chi connectivity index (χ3v) is 2.72. The fourth-order valence-corrected chi connectivity index (χ4v) is 1.69. The topological polar surface area (TPSA) is 77.2 Å². The Morgan fingerprint density at radius 3 is 2.85 bits per heavy atom. The van der Waals surface area contributed by atoms with Gasteiger partial charge in [0.15, 0.2) is 0 Å². The zero-order valence-electron chi connectivity index (χ0n) is 11.1. The van der Waals surface area contributed by atoms with Crippen molar-refractivity contribution in [3.8, 4) is 0 Å². The highest BCUT2D eigenvalue weighted by atomic mass is 19.1. The van der Waals surface area contributed by atoms with Gasteiger partial charge in [-0.15, -0.1) is 0 Å². The van der Waals surface area contributed by atoms with Crippen LogP contribution in [0.15, 0.2) is 30.5 Å². The maximum atomic E-state index is 13.7. The van der Waals surface area contributed by atoms with E-state index in [1.165, 1.54) is 25.4 Å². The summed E-state index contributed by atoms with van der Waals surface area (Å²) >= 11 is 0. The van der Waals surface area contributed by atoms with Gasteiger partial charge in [0.25, 0.3) is 0 Å². The Morgan fingerprint density at radius 2 is 2.15 bits per heavy atom. The third-order valence-electron chi connectivity index (χ3n) is 2.72. The number of nitrogen functional groups attached to an aromatic ring is 1. The van der Waals surface area contributed by atoms with E-state index in [0.717, 1.165) is 5.56 Å². The normalized spacial score (nSPS) is 10.2. The fraction of sp³-hybridized carbons (Fsp3) is 0.143. The minimum absolute atomic E-state index is 0.179. The van der Waals surface area contributed by atoms with Crippen LogP contribution in [-0.2, 0) is 4.74 Å². The minimum Gasteiger partial charge on any atom is -0.465 e. The van der Waals surface area contributed by atoms with Crippen LogP contribution in [0.4, 0.5) is 21.6 Å². The van der Waals surface area contributed by atoms with Crippen molar-refractivity contribution in [2.24, 2.45) is 0 Å². The van der Waals surface area contributed by atoms with Gasteiger partial charge in [0.2, 0.25) is 0 Å². The van der Waals surface area contributed by atoms with Gasteiger partial charge in [-0.3, -0.25) is 0 Å². The average molecular weight is 275 g/mol. The van der Waals surface area contributed by atoms with Crippen molar-refractivity contribution in [3.63, 3.8) is 0 Å². The van der Waals surface area contributed by atoms with Crippen LogP contribution in [-0.4, -0.2) is 18.1 Å². The number of rotatable bonds is 3. The van der Waals surface area contributed by atoms with Crippen molar-refractivity contribution in [2.75, 3.05) is 18.2 Å². The van der Waals surface area contributed by atoms with Crippen molar-refractivity contribution in [3.05, 3.63) is 47.4 Å². The molecule has 3 N–H and O–H groups in total. The molecule has 0 radical (unpaired) electrons. The van der Waals surface area contributed by atoms with Crippen LogP contribution >= 0.6 is 0 Å². The van der Waals surface area contributed by atoms with E-state index in [2.05, 4.69) is 15.0 Å². The van der Waals surface area contributed by atoms with Crippen molar-refractivity contribution >= 4 is 23.2 Å². The Hall–Kier alpha value is -2.63. The SMILES string of the molecule is COC(=O)c1cc(Nc2cc(C)ccc2F)ncc1N. The molecule has 104 valence electrons. The highest BCUT2D eigenvalue weighted by Crippen LogP contribution is 2.22. The summed E-state index contributed by atoms with van der Waals surface area (Å²) in [6, 6.07) is 6.08. The highest BCUT2D eigenvalue weighted by Gasteiger charge is 2.12. The van der Waals surface area contributed by atoms with Crippen molar-refractivity contribution in [1.29, 1.82) is 0 Å². The molecule has 0 spiro atoms. The first-order valence-electron chi connectivity index (χ1n) is 5.88. The van der Waals surface area contributed by atoms with Crippen LogP contribution in [0.25, 0.3) is 0 Å². The predicted molar refractivity (Wildman–Crippen MR) is 74.4 cm³/mol. The molecule has 20 heavy (non-hydrogen) atoms. The van der Waals surface area contributed by atoms with Crippen molar-refractivity contribution in [2.45, 2.75) is 6.92 Å². The lowest BCUT2D eigenvalue weighted by Gasteiger charge is -2.10. The van der Waals surface area contributed by atoms with Gasteiger partial charge in [-0.1, -0.05) is 6.07 Å². The maximum Gasteiger partial charge on any atom is 0.340 e. The van der Waals surface area contributed by atoms with Gasteiger partial charge in [-0.05, 0) is 30.7 Å². The summed E-state index contributed by atoms with van der Waals surface area (Å²) in [6.07, 6.45) is 1.32. The predicted octanol–water partition coefficient (Wildman–Crippen LogP) is 2.64. The van der Waals surface area contributed by atoms with Crippen LogP contribution in [0.5, 0.6) is 0 Å². The number of carbonyl (C=O) groups is 1. The molecule has 0 saturated heterocycles. The van der Waals surface area contributed by atoms with Crippen molar-refractivity contribution < 1.29 is 13.9 Å². The van der Waals surface area contributed by atoms with Crippen LogP contribution in [0.2, 0.25) is 0 Å². The van der Waals surface area contributed by atoms with E-state index in [4.69, 9.17) is 5.73 Å². The molecule has 5 nitrogen and oxygen atoms in total. The summed E-state index contributed by atoms with van der Waals surface area (Å²) in [5.74, 6) is -0.671. The van der Waals surface area contributed by atoms with Gasteiger partial charge in [-0.25, -0.2) is 14.2 Å². The Kier molecular flexibility index (Phi) is 3.84. The highest BCUT2D eigenvalue weighted by molar-refractivity contribution is 5.95. The Bertz CT molecular complexity index is 659. The molecule has 1 heterocycles. The van der Waals surface area contributed by atoms with Crippen molar-refractivity contribution in [1.82, 2.24) is 4.98 Å². The number of hydrogen-bond acceptors (Lipinski definition) is 5. The quantitative estimate of drug-likeness (QED) is 0.842. The molecule has 0 aliphatic carbocycles. The van der Waals surface area contributed by atoms with Gasteiger partial charge in [-0.2, -0.15) is 0 Å². The van der Waals surface area contributed by atoms with E-state index in [-0.39, 0.29) is 16.9 Å². The van der Waals surface area contributed by atoms with Crippen LogP contribution in [0.1, 0.15) is 15.9 Å². The summed E-state index contributed by atoms with van der Waals surface area (Å²) in [5.41, 5.74) is 7.20. The van der Waals surface area contributed by atoms with Crippen LogP contribution in [0.3, 0.4) is 0 Å². The number of nitrogens with two attached hydrogens (primary N) is 1. The molecule has 2 aromatic rings. The number of carbonyl (C=O) groups excluding carboxylic acids is 1. The van der Waals surface area contributed by atoms with Gasteiger partial charge in [0, 0.05) is 0 Å². The zero-order chi connectivity index (χ0) is 14.7. The zero-order valence-corrected chi connectivity index (χ0v) is 11.1. The molecular weight excluding hydrogens is 261 g/mol. The number of methoxy groups -OCH3 is 1. The van der Waals surface area contributed by atoms with Gasteiger partial charge >= 0.3 is 5.97 Å².